The van der Waals surface area contributed by atoms with Crippen molar-refractivity contribution < 1.29 is 4.79 Å². The van der Waals surface area contributed by atoms with Gasteiger partial charge in [-0.25, -0.2) is 4.98 Å². The second kappa shape index (κ2) is 8.92. The SMILES string of the molecule is Cc1ccc(NC(=O)c2sc3nc(CSc4ccc(C)cc4C)[nH]c(=O)c3c2C)c(C)c1. The third kappa shape index (κ3) is 4.49. The quantitative estimate of drug-likeness (QED) is 0.352. The van der Waals surface area contributed by atoms with Crippen LogP contribution in [0.25, 0.3) is 10.2 Å². The van der Waals surface area contributed by atoms with Crippen LogP contribution in [-0.2, 0) is 5.75 Å². The van der Waals surface area contributed by atoms with Gasteiger partial charge in [0, 0.05) is 10.6 Å². The average molecular weight is 464 g/mol. The molecule has 0 atom stereocenters. The van der Waals surface area contributed by atoms with Gasteiger partial charge in [-0.15, -0.1) is 23.1 Å². The Kier molecular flexibility index (Phi) is 6.22. The molecule has 2 heterocycles. The number of anilines is 1. The Morgan fingerprint density at radius 1 is 1.03 bits per heavy atom. The van der Waals surface area contributed by atoms with Crippen molar-refractivity contribution in [3.63, 3.8) is 0 Å². The molecule has 5 nitrogen and oxygen atoms in total. The average Bonchev–Trinajstić information content (AvgIpc) is 3.06. The minimum atomic E-state index is -0.219. The van der Waals surface area contributed by atoms with E-state index in [-0.39, 0.29) is 11.5 Å². The molecule has 164 valence electrons. The van der Waals surface area contributed by atoms with E-state index in [0.29, 0.717) is 32.2 Å². The number of amides is 1. The van der Waals surface area contributed by atoms with E-state index < -0.39 is 0 Å². The zero-order valence-electron chi connectivity index (χ0n) is 18.8. The summed E-state index contributed by atoms with van der Waals surface area (Å²) in [4.78, 5) is 35.6. The van der Waals surface area contributed by atoms with E-state index in [2.05, 4.69) is 47.3 Å². The third-order valence-electron chi connectivity index (χ3n) is 5.38. The van der Waals surface area contributed by atoms with Crippen LogP contribution in [0.1, 0.15) is 43.3 Å². The molecule has 0 fully saturated rings. The van der Waals surface area contributed by atoms with E-state index in [9.17, 15) is 9.59 Å². The van der Waals surface area contributed by atoms with Gasteiger partial charge in [0.2, 0.25) is 0 Å². The van der Waals surface area contributed by atoms with Gasteiger partial charge < -0.3 is 10.3 Å². The summed E-state index contributed by atoms with van der Waals surface area (Å²) >= 11 is 2.90. The number of nitrogens with one attached hydrogen (secondary N) is 2. The molecular weight excluding hydrogens is 438 g/mol. The van der Waals surface area contributed by atoms with Crippen LogP contribution in [0.4, 0.5) is 5.69 Å². The first-order chi connectivity index (χ1) is 15.2. The number of thiophene rings is 1. The fourth-order valence-electron chi connectivity index (χ4n) is 3.71. The van der Waals surface area contributed by atoms with Crippen molar-refractivity contribution in [2.75, 3.05) is 5.32 Å². The Morgan fingerprint density at radius 3 is 2.41 bits per heavy atom. The van der Waals surface area contributed by atoms with Crippen molar-refractivity contribution in [1.82, 2.24) is 9.97 Å². The van der Waals surface area contributed by atoms with Crippen LogP contribution in [0.5, 0.6) is 0 Å². The molecule has 2 aromatic heterocycles. The van der Waals surface area contributed by atoms with Gasteiger partial charge in [-0.05, 0) is 63.4 Å². The summed E-state index contributed by atoms with van der Waals surface area (Å²) in [5, 5.41) is 3.46. The molecule has 2 aromatic carbocycles. The molecule has 0 saturated carbocycles. The van der Waals surface area contributed by atoms with Gasteiger partial charge in [-0.3, -0.25) is 9.59 Å². The predicted octanol–water partition coefficient (Wildman–Crippen LogP) is 6.07. The maximum absolute atomic E-state index is 13.0. The molecule has 0 aliphatic carbocycles. The van der Waals surface area contributed by atoms with Crippen molar-refractivity contribution in [3.8, 4) is 0 Å². The summed E-state index contributed by atoms with van der Waals surface area (Å²) in [6, 6.07) is 12.2. The van der Waals surface area contributed by atoms with Gasteiger partial charge in [0.25, 0.3) is 11.5 Å². The summed E-state index contributed by atoms with van der Waals surface area (Å²) in [5.74, 6) is 0.939. The predicted molar refractivity (Wildman–Crippen MR) is 134 cm³/mol. The molecule has 4 rings (SSSR count). The van der Waals surface area contributed by atoms with E-state index in [1.807, 2.05) is 32.0 Å². The molecule has 0 spiro atoms. The maximum Gasteiger partial charge on any atom is 0.266 e. The molecule has 2 N–H and O–H groups in total. The second-order valence-corrected chi connectivity index (χ2v) is 10.1. The van der Waals surface area contributed by atoms with Crippen LogP contribution in [0.3, 0.4) is 0 Å². The number of hydrogen-bond acceptors (Lipinski definition) is 5. The molecule has 4 aromatic rings. The smallest absolute Gasteiger partial charge is 0.266 e. The van der Waals surface area contributed by atoms with Crippen LogP contribution in [0, 0.1) is 34.6 Å². The zero-order valence-corrected chi connectivity index (χ0v) is 20.4. The highest BCUT2D eigenvalue weighted by Crippen LogP contribution is 2.30. The Hall–Kier alpha value is -2.90. The minimum absolute atomic E-state index is 0.203. The van der Waals surface area contributed by atoms with E-state index in [4.69, 9.17) is 0 Å². The lowest BCUT2D eigenvalue weighted by molar-refractivity contribution is 0.103. The monoisotopic (exact) mass is 463 g/mol. The Balaban J connectivity index is 1.60. The fourth-order valence-corrected chi connectivity index (χ4v) is 5.69. The molecule has 7 heteroatoms. The number of thioether (sulfide) groups is 1. The lowest BCUT2D eigenvalue weighted by atomic mass is 10.1. The summed E-state index contributed by atoms with van der Waals surface area (Å²) in [6.45, 7) is 9.94. The number of nitrogens with zero attached hydrogens (tertiary/aromatic N) is 1. The molecule has 0 bridgehead atoms. The molecule has 0 radical (unpaired) electrons. The van der Waals surface area contributed by atoms with Crippen LogP contribution in [0.15, 0.2) is 46.1 Å². The number of benzene rings is 2. The van der Waals surface area contributed by atoms with E-state index in [1.165, 1.54) is 22.5 Å². The van der Waals surface area contributed by atoms with Gasteiger partial charge in [0.15, 0.2) is 0 Å². The number of carbonyl (C=O) groups excluding carboxylic acids is 1. The van der Waals surface area contributed by atoms with Crippen molar-refractivity contribution >= 4 is 44.9 Å². The number of aromatic amines is 1. The van der Waals surface area contributed by atoms with Gasteiger partial charge in [-0.1, -0.05) is 35.4 Å². The topological polar surface area (TPSA) is 74.8 Å². The Labute approximate surface area is 195 Å². The van der Waals surface area contributed by atoms with E-state index in [0.717, 1.165) is 21.7 Å². The fraction of sp³-hybridized carbons (Fsp3) is 0.240. The molecule has 0 saturated heterocycles. The third-order valence-corrected chi connectivity index (χ3v) is 7.75. The first-order valence-corrected chi connectivity index (χ1v) is 12.1. The molecular formula is C25H25N3O2S2. The van der Waals surface area contributed by atoms with Crippen molar-refractivity contribution in [1.29, 1.82) is 0 Å². The minimum Gasteiger partial charge on any atom is -0.321 e. The molecule has 0 aliphatic heterocycles. The maximum atomic E-state index is 13.0. The lowest BCUT2D eigenvalue weighted by Gasteiger charge is -2.08. The number of fused-ring (bicyclic) bond motifs is 1. The Morgan fingerprint density at radius 2 is 1.72 bits per heavy atom. The number of aromatic nitrogens is 2. The largest absolute Gasteiger partial charge is 0.321 e. The highest BCUT2D eigenvalue weighted by Gasteiger charge is 2.20. The normalized spacial score (nSPS) is 11.2. The number of hydrogen-bond donors (Lipinski definition) is 2. The zero-order chi connectivity index (χ0) is 23.0. The molecule has 0 unspecified atom stereocenters. The van der Waals surface area contributed by atoms with Crippen molar-refractivity contribution in [2.45, 2.75) is 45.3 Å². The standard InChI is InChI=1S/C25H25N3O2S2/c1-13-6-8-18(15(3)10-13)26-24(30)22-17(5)21-23(29)27-20(28-25(21)32-22)12-31-19-9-7-14(2)11-16(19)4/h6-11H,12H2,1-5H3,(H,26,30)(H,27,28,29). The van der Waals surface area contributed by atoms with Gasteiger partial charge in [0.1, 0.15) is 10.7 Å². The van der Waals surface area contributed by atoms with Gasteiger partial charge >= 0.3 is 0 Å². The summed E-state index contributed by atoms with van der Waals surface area (Å²) in [6.07, 6.45) is 0. The number of rotatable bonds is 5. The number of carbonyl (C=O) groups is 1. The van der Waals surface area contributed by atoms with E-state index >= 15 is 0 Å². The van der Waals surface area contributed by atoms with Crippen LogP contribution in [0.2, 0.25) is 0 Å². The van der Waals surface area contributed by atoms with Crippen LogP contribution in [-0.4, -0.2) is 15.9 Å². The van der Waals surface area contributed by atoms with Gasteiger partial charge in [-0.2, -0.15) is 0 Å². The summed E-state index contributed by atoms with van der Waals surface area (Å²) < 4.78 is 0. The van der Waals surface area contributed by atoms with E-state index in [1.54, 1.807) is 18.7 Å². The first kappa shape index (κ1) is 22.3. The molecule has 1 amide bonds. The first-order valence-electron chi connectivity index (χ1n) is 10.3. The van der Waals surface area contributed by atoms with Crippen molar-refractivity contribution in [3.05, 3.63) is 85.3 Å². The van der Waals surface area contributed by atoms with Crippen LogP contribution >= 0.6 is 23.1 Å². The van der Waals surface area contributed by atoms with Crippen LogP contribution < -0.4 is 10.9 Å². The van der Waals surface area contributed by atoms with Gasteiger partial charge in [0.05, 0.1) is 16.0 Å². The molecule has 32 heavy (non-hydrogen) atoms. The highest BCUT2D eigenvalue weighted by atomic mass is 32.2. The highest BCUT2D eigenvalue weighted by molar-refractivity contribution is 7.98. The Bertz CT molecular complexity index is 1400. The lowest BCUT2D eigenvalue weighted by Crippen LogP contribution is -2.13. The number of aryl methyl sites for hydroxylation is 5. The van der Waals surface area contributed by atoms with Crippen molar-refractivity contribution in [2.24, 2.45) is 0 Å². The molecule has 0 aliphatic rings. The summed E-state index contributed by atoms with van der Waals surface area (Å²) in [5.41, 5.74) is 5.79. The second-order valence-electron chi connectivity index (χ2n) is 8.08. The summed E-state index contributed by atoms with van der Waals surface area (Å²) in [7, 11) is 0. The number of H-pyrrole nitrogens is 1.